The Bertz CT molecular complexity index is 915. The minimum absolute atomic E-state index is 0.0244. The van der Waals surface area contributed by atoms with E-state index in [2.05, 4.69) is 24.3 Å². The zero-order valence-corrected chi connectivity index (χ0v) is 18.8. The molecule has 1 saturated heterocycles. The van der Waals surface area contributed by atoms with Gasteiger partial charge in [0.15, 0.2) is 0 Å². The van der Waals surface area contributed by atoms with E-state index >= 15 is 0 Å². The van der Waals surface area contributed by atoms with E-state index in [1.807, 2.05) is 36.4 Å². The highest BCUT2D eigenvalue weighted by atomic mass is 16.6. The number of carbonyl (C=O) groups is 1. The molecule has 2 aromatic rings. The molecule has 4 rings (SSSR count). The molecule has 0 bridgehead atoms. The van der Waals surface area contributed by atoms with E-state index in [1.54, 1.807) is 0 Å². The van der Waals surface area contributed by atoms with Gasteiger partial charge in [0.05, 0.1) is 12.7 Å². The summed E-state index contributed by atoms with van der Waals surface area (Å²) in [5.74, 6) is 0.516. The van der Waals surface area contributed by atoms with Gasteiger partial charge in [0.1, 0.15) is 6.04 Å². The molecule has 0 aromatic heterocycles. The Hall–Kier alpha value is -2.93. The van der Waals surface area contributed by atoms with Gasteiger partial charge in [-0.25, -0.2) is 4.79 Å². The van der Waals surface area contributed by atoms with Crippen LogP contribution < -0.4 is 0 Å². The van der Waals surface area contributed by atoms with Crippen molar-refractivity contribution >= 4 is 6.09 Å². The smallest absolute Gasteiger partial charge is 0.408 e. The number of rotatable bonds is 8. The molecule has 1 aliphatic carbocycles. The average molecular weight is 453 g/mol. The molecule has 2 aliphatic rings. The molecule has 1 aliphatic heterocycles. The molecule has 1 heterocycles. The summed E-state index contributed by atoms with van der Waals surface area (Å²) in [6.07, 6.45) is 4.23. The van der Waals surface area contributed by atoms with Crippen molar-refractivity contribution < 1.29 is 19.6 Å². The lowest BCUT2D eigenvalue weighted by molar-refractivity contribution is -0.525. The van der Waals surface area contributed by atoms with E-state index in [9.17, 15) is 20.0 Å². The van der Waals surface area contributed by atoms with Crippen molar-refractivity contribution in [2.24, 2.45) is 0 Å². The number of hydrogen-bond donors (Lipinski definition) is 1. The zero-order valence-electron chi connectivity index (χ0n) is 18.8. The molecule has 2 aromatic carbocycles. The summed E-state index contributed by atoms with van der Waals surface area (Å²) in [4.78, 5) is 24.9. The first-order valence-electron chi connectivity index (χ1n) is 11.9. The van der Waals surface area contributed by atoms with Crippen LogP contribution in [0.4, 0.5) is 4.79 Å². The first-order chi connectivity index (χ1) is 16.0. The largest absolute Gasteiger partial charge is 0.465 e. The number of amides is 1. The second-order valence-corrected chi connectivity index (χ2v) is 9.24. The molecule has 0 radical (unpaired) electrons. The fraction of sp³-hybridized carbons (Fsp3) is 0.500. The number of nitro groups is 1. The summed E-state index contributed by atoms with van der Waals surface area (Å²) >= 11 is 0. The molecule has 1 amide bonds. The number of carboxylic acid groups (broad SMARTS) is 1. The fourth-order valence-corrected chi connectivity index (χ4v) is 5.48. The van der Waals surface area contributed by atoms with Crippen LogP contribution >= 0.6 is 0 Å². The molecule has 2 fully saturated rings. The predicted octanol–water partition coefficient (Wildman–Crippen LogP) is 5.13. The minimum atomic E-state index is -1.10. The van der Waals surface area contributed by atoms with Crippen molar-refractivity contribution in [3.63, 3.8) is 0 Å². The first-order valence-corrected chi connectivity index (χ1v) is 11.9. The lowest BCUT2D eigenvalue weighted by Gasteiger charge is -2.31. The van der Waals surface area contributed by atoms with Gasteiger partial charge in [-0.15, -0.1) is 0 Å². The van der Waals surface area contributed by atoms with Crippen molar-refractivity contribution in [1.82, 2.24) is 4.90 Å². The molecule has 3 atom stereocenters. The minimum Gasteiger partial charge on any atom is -0.465 e. The maximum Gasteiger partial charge on any atom is 0.408 e. The second kappa shape index (κ2) is 10.8. The van der Waals surface area contributed by atoms with Crippen LogP contribution in [0.25, 0.3) is 0 Å². The van der Waals surface area contributed by atoms with Crippen LogP contribution in [0.15, 0.2) is 60.7 Å². The van der Waals surface area contributed by atoms with Crippen LogP contribution in [-0.2, 0) is 11.2 Å². The van der Waals surface area contributed by atoms with Crippen molar-refractivity contribution in [3.8, 4) is 0 Å². The van der Waals surface area contributed by atoms with Gasteiger partial charge < -0.3 is 9.84 Å². The van der Waals surface area contributed by atoms with E-state index < -0.39 is 18.2 Å². The molecule has 1 saturated carbocycles. The zero-order chi connectivity index (χ0) is 23.2. The number of aryl methyl sites for hydroxylation is 1. The Morgan fingerprint density at radius 1 is 1.03 bits per heavy atom. The Balaban J connectivity index is 1.35. The fourth-order valence-electron chi connectivity index (χ4n) is 5.48. The van der Waals surface area contributed by atoms with Crippen molar-refractivity contribution in [2.45, 2.75) is 75.1 Å². The van der Waals surface area contributed by atoms with Gasteiger partial charge in [0.2, 0.25) is 6.04 Å². The average Bonchev–Trinajstić information content (AvgIpc) is 3.22. The second-order valence-electron chi connectivity index (χ2n) is 9.24. The van der Waals surface area contributed by atoms with Crippen LogP contribution in [0.1, 0.15) is 55.6 Å². The first kappa shape index (κ1) is 23.2. The Morgan fingerprint density at radius 3 is 2.27 bits per heavy atom. The van der Waals surface area contributed by atoms with Crippen molar-refractivity contribution in [1.29, 1.82) is 0 Å². The Morgan fingerprint density at radius 2 is 1.67 bits per heavy atom. The van der Waals surface area contributed by atoms with Crippen LogP contribution in [0.2, 0.25) is 0 Å². The quantitative estimate of drug-likeness (QED) is 0.443. The van der Waals surface area contributed by atoms with Crippen LogP contribution in [0.3, 0.4) is 0 Å². The van der Waals surface area contributed by atoms with Gasteiger partial charge >= 0.3 is 6.09 Å². The summed E-state index contributed by atoms with van der Waals surface area (Å²) in [6, 6.07) is 18.2. The number of likely N-dealkylation sites (tertiary alicyclic amines) is 1. The normalized spacial score (nSPS) is 27.4. The highest BCUT2D eigenvalue weighted by Gasteiger charge is 2.50. The van der Waals surface area contributed by atoms with Gasteiger partial charge in [-0.1, -0.05) is 60.7 Å². The lowest BCUT2D eigenvalue weighted by Crippen LogP contribution is -2.47. The van der Waals surface area contributed by atoms with Gasteiger partial charge in [-0.3, -0.25) is 15.0 Å². The van der Waals surface area contributed by atoms with Crippen molar-refractivity contribution in [3.05, 3.63) is 81.9 Å². The van der Waals surface area contributed by atoms with Crippen LogP contribution in [0, 0.1) is 10.1 Å². The van der Waals surface area contributed by atoms with Crippen LogP contribution in [-0.4, -0.2) is 51.9 Å². The SMILES string of the molecule is O=C(O)N1[C@H](CCc2ccccc2)CC([N+](=O)[O-])[C@@H]1COC1CCC(c2ccccc2)CC1. The van der Waals surface area contributed by atoms with Crippen molar-refractivity contribution in [2.75, 3.05) is 6.61 Å². The number of nitrogens with zero attached hydrogens (tertiary/aromatic N) is 2. The summed E-state index contributed by atoms with van der Waals surface area (Å²) < 4.78 is 6.11. The Labute approximate surface area is 194 Å². The highest BCUT2D eigenvalue weighted by molar-refractivity contribution is 5.66. The molecular formula is C26H32N2O5. The molecule has 7 heteroatoms. The summed E-state index contributed by atoms with van der Waals surface area (Å²) in [7, 11) is 0. The van der Waals surface area contributed by atoms with Crippen LogP contribution in [0.5, 0.6) is 0 Å². The van der Waals surface area contributed by atoms with Gasteiger partial charge in [-0.2, -0.15) is 0 Å². The number of hydrogen-bond acceptors (Lipinski definition) is 4. The summed E-state index contributed by atoms with van der Waals surface area (Å²) in [6.45, 7) is 0.0838. The number of benzene rings is 2. The Kier molecular flexibility index (Phi) is 7.60. The third-order valence-electron chi connectivity index (χ3n) is 7.26. The number of ether oxygens (including phenoxy) is 1. The van der Waals surface area contributed by atoms with E-state index in [0.717, 1.165) is 31.2 Å². The lowest BCUT2D eigenvalue weighted by atomic mass is 9.83. The van der Waals surface area contributed by atoms with E-state index in [-0.39, 0.29) is 30.1 Å². The molecule has 0 spiro atoms. The predicted molar refractivity (Wildman–Crippen MR) is 125 cm³/mol. The standard InChI is InChI=1S/C26H32N2O5/c29-26(30)27-22(14-11-19-7-3-1-4-8-19)17-24(28(31)32)25(27)18-33-23-15-12-21(13-16-23)20-9-5-2-6-10-20/h1-10,21-25H,11-18H2,(H,29,30)/t21?,22-,23?,24?,25+/m1/s1. The third-order valence-corrected chi connectivity index (χ3v) is 7.26. The highest BCUT2D eigenvalue weighted by Crippen LogP contribution is 2.35. The molecule has 7 nitrogen and oxygen atoms in total. The molecule has 1 unspecified atom stereocenters. The maximum absolute atomic E-state index is 12.1. The molecular weight excluding hydrogens is 420 g/mol. The topological polar surface area (TPSA) is 92.9 Å². The van der Waals surface area contributed by atoms with Gasteiger partial charge in [0, 0.05) is 17.4 Å². The molecule has 33 heavy (non-hydrogen) atoms. The third kappa shape index (κ3) is 5.71. The molecule has 176 valence electrons. The van der Waals surface area contributed by atoms with E-state index in [1.165, 1.54) is 10.5 Å². The maximum atomic E-state index is 12.1. The molecule has 1 N–H and O–H groups in total. The van der Waals surface area contributed by atoms with E-state index in [4.69, 9.17) is 4.74 Å². The summed E-state index contributed by atoms with van der Waals surface area (Å²) in [5, 5.41) is 21.7. The van der Waals surface area contributed by atoms with E-state index in [0.29, 0.717) is 18.8 Å². The summed E-state index contributed by atoms with van der Waals surface area (Å²) in [5.41, 5.74) is 2.45. The van der Waals surface area contributed by atoms with Gasteiger partial charge in [-0.05, 0) is 55.6 Å². The van der Waals surface area contributed by atoms with Gasteiger partial charge in [0.25, 0.3) is 0 Å². The monoisotopic (exact) mass is 452 g/mol.